The topological polar surface area (TPSA) is 69.7 Å². The lowest BCUT2D eigenvalue weighted by molar-refractivity contribution is -0.159. The van der Waals surface area contributed by atoms with Crippen molar-refractivity contribution in [2.24, 2.45) is 40.4 Å². The molecule has 0 spiro atoms. The molecule has 184 valence electrons. The maximum absolute atomic E-state index is 14.0. The van der Waals surface area contributed by atoms with Gasteiger partial charge in [0.25, 0.3) is 0 Å². The Balaban J connectivity index is 1.56. The fourth-order valence-electron chi connectivity index (χ4n) is 8.69. The average molecular weight is 459 g/mol. The van der Waals surface area contributed by atoms with Crippen molar-refractivity contribution >= 4 is 17.7 Å². The molecule has 0 amide bonds. The van der Waals surface area contributed by atoms with E-state index >= 15 is 0 Å². The number of hydrogen-bond donors (Lipinski definition) is 0. The third-order valence-corrected chi connectivity index (χ3v) is 10.4. The van der Waals surface area contributed by atoms with Crippen LogP contribution in [0.2, 0.25) is 0 Å². The van der Waals surface area contributed by atoms with Crippen molar-refractivity contribution in [2.75, 3.05) is 7.11 Å². The largest absolute Gasteiger partial charge is 0.469 e. The summed E-state index contributed by atoms with van der Waals surface area (Å²) in [5, 5.41) is 0. The molecule has 0 aromatic rings. The van der Waals surface area contributed by atoms with E-state index in [2.05, 4.69) is 19.9 Å². The van der Waals surface area contributed by atoms with Crippen LogP contribution in [0.25, 0.3) is 0 Å². The molecule has 4 rings (SSSR count). The van der Waals surface area contributed by atoms with E-state index in [9.17, 15) is 14.4 Å². The number of allylic oxidation sites excluding steroid dienone is 2. The predicted molar refractivity (Wildman–Crippen MR) is 126 cm³/mol. The highest BCUT2D eigenvalue weighted by atomic mass is 16.5. The van der Waals surface area contributed by atoms with E-state index in [-0.39, 0.29) is 40.7 Å². The molecule has 0 aromatic heterocycles. The van der Waals surface area contributed by atoms with Crippen LogP contribution < -0.4 is 0 Å². The Kier molecular flexibility index (Phi) is 6.81. The Morgan fingerprint density at radius 2 is 1.76 bits per heavy atom. The minimum absolute atomic E-state index is 0.0700. The highest BCUT2D eigenvalue weighted by molar-refractivity contribution is 5.99. The van der Waals surface area contributed by atoms with E-state index in [0.717, 1.165) is 50.5 Å². The van der Waals surface area contributed by atoms with Crippen molar-refractivity contribution in [1.29, 1.82) is 0 Å². The molecule has 4 saturated carbocycles. The Hall–Kier alpha value is -1.65. The summed E-state index contributed by atoms with van der Waals surface area (Å²) in [6, 6.07) is 0. The van der Waals surface area contributed by atoms with Gasteiger partial charge in [0.15, 0.2) is 5.78 Å². The van der Waals surface area contributed by atoms with Gasteiger partial charge in [-0.05, 0) is 105 Å². The molecule has 4 unspecified atom stereocenters. The summed E-state index contributed by atoms with van der Waals surface area (Å²) < 4.78 is 10.4. The smallest absolute Gasteiger partial charge is 0.305 e. The van der Waals surface area contributed by atoms with E-state index < -0.39 is 0 Å². The molecule has 8 atom stereocenters. The van der Waals surface area contributed by atoms with Crippen molar-refractivity contribution in [3.63, 3.8) is 0 Å². The zero-order valence-corrected chi connectivity index (χ0v) is 21.2. The van der Waals surface area contributed by atoms with Gasteiger partial charge in [-0.2, -0.15) is 0 Å². The van der Waals surface area contributed by atoms with Crippen molar-refractivity contribution < 1.29 is 23.9 Å². The van der Waals surface area contributed by atoms with Crippen LogP contribution >= 0.6 is 0 Å². The van der Waals surface area contributed by atoms with Gasteiger partial charge in [-0.3, -0.25) is 14.4 Å². The van der Waals surface area contributed by atoms with Crippen LogP contribution in [0, 0.1) is 40.4 Å². The molecule has 33 heavy (non-hydrogen) atoms. The molecule has 0 N–H and O–H groups in total. The van der Waals surface area contributed by atoms with Gasteiger partial charge in [0, 0.05) is 19.3 Å². The summed E-state index contributed by atoms with van der Waals surface area (Å²) >= 11 is 0. The minimum atomic E-state index is -0.219. The number of methoxy groups -OCH3 is 1. The lowest BCUT2D eigenvalue weighted by Crippen LogP contribution is -2.58. The summed E-state index contributed by atoms with van der Waals surface area (Å²) in [6.45, 7) is 8.34. The molecule has 0 saturated heterocycles. The average Bonchev–Trinajstić information content (AvgIpc) is 3.11. The van der Waals surface area contributed by atoms with Gasteiger partial charge in [-0.25, -0.2) is 0 Å². The van der Waals surface area contributed by atoms with Crippen LogP contribution in [0.4, 0.5) is 0 Å². The van der Waals surface area contributed by atoms with E-state index in [4.69, 9.17) is 9.47 Å². The van der Waals surface area contributed by atoms with Crippen molar-refractivity contribution in [3.8, 4) is 0 Å². The van der Waals surface area contributed by atoms with Gasteiger partial charge in [-0.1, -0.05) is 19.9 Å². The summed E-state index contributed by atoms with van der Waals surface area (Å²) in [5.74, 6) is 1.78. The monoisotopic (exact) mass is 458 g/mol. The predicted octanol–water partition coefficient (Wildman–Crippen LogP) is 5.66. The van der Waals surface area contributed by atoms with Crippen molar-refractivity contribution in [3.05, 3.63) is 11.6 Å². The van der Waals surface area contributed by atoms with Gasteiger partial charge in [0.2, 0.25) is 0 Å². The Morgan fingerprint density at radius 3 is 2.42 bits per heavy atom. The number of carbonyl (C=O) groups is 3. The minimum Gasteiger partial charge on any atom is -0.469 e. The summed E-state index contributed by atoms with van der Waals surface area (Å²) in [4.78, 5) is 37.2. The maximum Gasteiger partial charge on any atom is 0.305 e. The van der Waals surface area contributed by atoms with Gasteiger partial charge < -0.3 is 9.47 Å². The molecule has 4 aliphatic carbocycles. The standard InChI is InChI=1S/C28H42O5/c1-6-20-23-16-19(33-17(2)29)12-14-28(23,4)22-13-15-27(3)18(8-7-9-24(30)32-5)10-11-21(27)25(22)26(20)31/h6,18-19,21-23,25H,7-16H2,1-5H3/b20-6+/t18?,19-,21?,22?,23+,25?,27-,28-/m1/s1. The second kappa shape index (κ2) is 9.19. The second-order valence-corrected chi connectivity index (χ2v) is 11.7. The Labute approximate surface area is 199 Å². The summed E-state index contributed by atoms with van der Waals surface area (Å²) in [6.07, 6.45) is 11.7. The van der Waals surface area contributed by atoms with Crippen LogP contribution in [-0.2, 0) is 23.9 Å². The normalized spacial score (nSPS) is 43.4. The van der Waals surface area contributed by atoms with Crippen LogP contribution in [0.5, 0.6) is 0 Å². The van der Waals surface area contributed by atoms with Crippen LogP contribution in [0.1, 0.15) is 91.9 Å². The first-order valence-electron chi connectivity index (χ1n) is 13.1. The third kappa shape index (κ3) is 4.08. The lowest BCUT2D eigenvalue weighted by atomic mass is 9.43. The summed E-state index contributed by atoms with van der Waals surface area (Å²) in [5.41, 5.74) is 1.28. The first-order valence-corrected chi connectivity index (χ1v) is 13.1. The van der Waals surface area contributed by atoms with E-state index in [0.29, 0.717) is 30.0 Å². The van der Waals surface area contributed by atoms with E-state index in [1.807, 2.05) is 6.92 Å². The highest BCUT2D eigenvalue weighted by Crippen LogP contribution is 2.68. The first-order chi connectivity index (χ1) is 15.7. The quantitative estimate of drug-likeness (QED) is 0.393. The number of hydrogen-bond acceptors (Lipinski definition) is 5. The number of esters is 2. The maximum atomic E-state index is 14.0. The van der Waals surface area contributed by atoms with E-state index in [1.54, 1.807) is 0 Å². The molecular formula is C28H42O5. The van der Waals surface area contributed by atoms with Gasteiger partial charge in [0.05, 0.1) is 7.11 Å². The number of rotatable bonds is 5. The second-order valence-electron chi connectivity index (χ2n) is 11.7. The zero-order chi connectivity index (χ0) is 24.0. The molecule has 4 aliphatic rings. The number of ketones is 1. The fraction of sp³-hybridized carbons (Fsp3) is 0.821. The molecule has 0 heterocycles. The zero-order valence-electron chi connectivity index (χ0n) is 21.2. The molecule has 0 aliphatic heterocycles. The number of carbonyl (C=O) groups excluding carboxylic acids is 3. The van der Waals surface area contributed by atoms with Crippen molar-refractivity contribution in [2.45, 2.75) is 98.0 Å². The number of fused-ring (bicyclic) bond motifs is 5. The molecule has 5 nitrogen and oxygen atoms in total. The fourth-order valence-corrected chi connectivity index (χ4v) is 8.69. The van der Waals surface area contributed by atoms with Crippen LogP contribution in [0.15, 0.2) is 11.6 Å². The van der Waals surface area contributed by atoms with Crippen molar-refractivity contribution in [1.82, 2.24) is 0 Å². The third-order valence-electron chi connectivity index (χ3n) is 10.4. The SMILES string of the molecule is C/C=C1/C(=O)C2C3CCC(CCCC(=O)OC)[C@@]3(C)CCC2[C@@]2(C)CC[C@@H](OC(C)=O)C[C@@H]12. The molecular weight excluding hydrogens is 416 g/mol. The molecule has 0 bridgehead atoms. The number of Topliss-reactive ketones (excluding diaryl/α,β-unsaturated/α-hetero) is 1. The highest BCUT2D eigenvalue weighted by Gasteiger charge is 2.63. The lowest BCUT2D eigenvalue weighted by Gasteiger charge is -2.60. The molecule has 0 radical (unpaired) electrons. The molecule has 5 heteroatoms. The Morgan fingerprint density at radius 1 is 1.06 bits per heavy atom. The number of ether oxygens (including phenoxy) is 2. The summed E-state index contributed by atoms with van der Waals surface area (Å²) in [7, 11) is 1.46. The van der Waals surface area contributed by atoms with Crippen LogP contribution in [-0.4, -0.2) is 30.9 Å². The van der Waals surface area contributed by atoms with Gasteiger partial charge >= 0.3 is 11.9 Å². The van der Waals surface area contributed by atoms with E-state index in [1.165, 1.54) is 26.9 Å². The molecule has 4 fully saturated rings. The Bertz CT molecular complexity index is 830. The van der Waals surface area contributed by atoms with Gasteiger partial charge in [0.1, 0.15) is 6.10 Å². The first kappa shape index (κ1) is 24.5. The van der Waals surface area contributed by atoms with Crippen LogP contribution in [0.3, 0.4) is 0 Å². The molecule has 0 aromatic carbocycles. The van der Waals surface area contributed by atoms with Gasteiger partial charge in [-0.15, -0.1) is 0 Å².